The van der Waals surface area contributed by atoms with E-state index in [1.165, 1.54) is 12.8 Å². The maximum atomic E-state index is 4.23. The van der Waals surface area contributed by atoms with Gasteiger partial charge >= 0.3 is 0 Å². The summed E-state index contributed by atoms with van der Waals surface area (Å²) in [4.78, 5) is 4.01. The second-order valence-electron chi connectivity index (χ2n) is 3.80. The fourth-order valence-corrected chi connectivity index (χ4v) is 2.50. The lowest BCUT2D eigenvalue weighted by molar-refractivity contribution is 0.790. The molecule has 5 heteroatoms. The smallest absolute Gasteiger partial charge is 0.191 e. The molecule has 0 aliphatic rings. The largest absolute Gasteiger partial charge is 0.305 e. The molecule has 0 amide bonds. The summed E-state index contributed by atoms with van der Waals surface area (Å²) in [7, 11) is 2.00. The molecule has 2 aromatic heterocycles. The molecule has 0 aliphatic carbocycles. The SMILES string of the molecule is CCCCSc1nnc(-c2ccncc2)n1C. The Hall–Kier alpha value is -1.36. The van der Waals surface area contributed by atoms with Crippen molar-refractivity contribution in [3.63, 3.8) is 0 Å². The third-order valence-corrected chi connectivity index (χ3v) is 3.61. The zero-order chi connectivity index (χ0) is 12.1. The molecule has 0 aromatic carbocycles. The number of rotatable bonds is 5. The van der Waals surface area contributed by atoms with E-state index < -0.39 is 0 Å². The second-order valence-corrected chi connectivity index (χ2v) is 4.87. The molecule has 90 valence electrons. The van der Waals surface area contributed by atoms with E-state index in [1.54, 1.807) is 24.2 Å². The third kappa shape index (κ3) is 2.85. The standard InChI is InChI=1S/C12H16N4S/c1-3-4-9-17-12-15-14-11(16(12)2)10-5-7-13-8-6-10/h5-8H,3-4,9H2,1-2H3. The quantitative estimate of drug-likeness (QED) is 0.603. The summed E-state index contributed by atoms with van der Waals surface area (Å²) in [6.45, 7) is 2.19. The van der Waals surface area contributed by atoms with Crippen LogP contribution < -0.4 is 0 Å². The van der Waals surface area contributed by atoms with Crippen molar-refractivity contribution in [2.24, 2.45) is 7.05 Å². The lowest BCUT2D eigenvalue weighted by atomic mass is 10.2. The maximum absolute atomic E-state index is 4.23. The van der Waals surface area contributed by atoms with Gasteiger partial charge in [0.05, 0.1) is 0 Å². The van der Waals surface area contributed by atoms with E-state index in [9.17, 15) is 0 Å². The highest BCUT2D eigenvalue weighted by Crippen LogP contribution is 2.22. The second kappa shape index (κ2) is 5.82. The fourth-order valence-electron chi connectivity index (χ4n) is 1.50. The van der Waals surface area contributed by atoms with E-state index in [1.807, 2.05) is 23.7 Å². The van der Waals surface area contributed by atoms with Crippen LogP contribution in [0.15, 0.2) is 29.7 Å². The molecule has 2 rings (SSSR count). The maximum Gasteiger partial charge on any atom is 0.191 e. The van der Waals surface area contributed by atoms with Gasteiger partial charge in [-0.15, -0.1) is 10.2 Å². The minimum absolute atomic E-state index is 0.895. The van der Waals surface area contributed by atoms with Crippen LogP contribution in [-0.4, -0.2) is 25.5 Å². The van der Waals surface area contributed by atoms with Gasteiger partial charge in [-0.3, -0.25) is 4.98 Å². The van der Waals surface area contributed by atoms with E-state index in [2.05, 4.69) is 22.1 Å². The van der Waals surface area contributed by atoms with Crippen molar-refractivity contribution in [2.45, 2.75) is 24.9 Å². The summed E-state index contributed by atoms with van der Waals surface area (Å²) in [6, 6.07) is 3.90. The summed E-state index contributed by atoms with van der Waals surface area (Å²) >= 11 is 1.76. The fraction of sp³-hybridized carbons (Fsp3) is 0.417. The highest BCUT2D eigenvalue weighted by atomic mass is 32.2. The minimum Gasteiger partial charge on any atom is -0.305 e. The number of pyridine rings is 1. The zero-order valence-corrected chi connectivity index (χ0v) is 10.9. The number of nitrogens with zero attached hydrogens (tertiary/aromatic N) is 4. The summed E-state index contributed by atoms with van der Waals surface area (Å²) in [5.41, 5.74) is 1.05. The number of aromatic nitrogens is 4. The van der Waals surface area contributed by atoms with Gasteiger partial charge in [-0.2, -0.15) is 0 Å². The molecule has 0 unspecified atom stereocenters. The highest BCUT2D eigenvalue weighted by Gasteiger charge is 2.10. The molecule has 0 saturated heterocycles. The predicted octanol–water partition coefficient (Wildman–Crippen LogP) is 2.77. The van der Waals surface area contributed by atoms with Crippen molar-refractivity contribution in [3.8, 4) is 11.4 Å². The number of unbranched alkanes of at least 4 members (excludes halogenated alkanes) is 1. The molecule has 0 radical (unpaired) electrons. The monoisotopic (exact) mass is 248 g/mol. The van der Waals surface area contributed by atoms with Gasteiger partial charge in [0.15, 0.2) is 11.0 Å². The molecular formula is C12H16N4S. The summed E-state index contributed by atoms with van der Waals surface area (Å²) in [6.07, 6.45) is 5.96. The van der Waals surface area contributed by atoms with Crippen LogP contribution in [0.5, 0.6) is 0 Å². The molecule has 0 bridgehead atoms. The number of hydrogen-bond acceptors (Lipinski definition) is 4. The van der Waals surface area contributed by atoms with Crippen LogP contribution in [0, 0.1) is 0 Å². The molecular weight excluding hydrogens is 232 g/mol. The van der Waals surface area contributed by atoms with Crippen molar-refractivity contribution in [2.75, 3.05) is 5.75 Å². The lowest BCUT2D eigenvalue weighted by Gasteiger charge is -2.02. The Morgan fingerprint density at radius 3 is 2.71 bits per heavy atom. The number of hydrogen-bond donors (Lipinski definition) is 0. The summed E-state index contributed by atoms with van der Waals surface area (Å²) in [5, 5.41) is 9.43. The van der Waals surface area contributed by atoms with E-state index >= 15 is 0 Å². The van der Waals surface area contributed by atoms with Gasteiger partial charge in [0.25, 0.3) is 0 Å². The zero-order valence-electron chi connectivity index (χ0n) is 10.1. The first kappa shape index (κ1) is 12.1. The predicted molar refractivity (Wildman–Crippen MR) is 69.9 cm³/mol. The van der Waals surface area contributed by atoms with E-state index in [0.717, 1.165) is 22.3 Å². The Labute approximate surface area is 105 Å². The normalized spacial score (nSPS) is 10.7. The van der Waals surface area contributed by atoms with Gasteiger partial charge in [0.2, 0.25) is 0 Å². The average Bonchev–Trinajstić information content (AvgIpc) is 2.73. The highest BCUT2D eigenvalue weighted by molar-refractivity contribution is 7.99. The van der Waals surface area contributed by atoms with Crippen molar-refractivity contribution in [1.82, 2.24) is 19.7 Å². The summed E-state index contributed by atoms with van der Waals surface area (Å²) in [5.74, 6) is 1.99. The molecule has 2 aromatic rings. The van der Waals surface area contributed by atoms with Crippen LogP contribution >= 0.6 is 11.8 Å². The molecule has 0 N–H and O–H groups in total. The Morgan fingerprint density at radius 2 is 2.00 bits per heavy atom. The van der Waals surface area contributed by atoms with Gasteiger partial charge in [0, 0.05) is 30.8 Å². The van der Waals surface area contributed by atoms with E-state index in [4.69, 9.17) is 0 Å². The van der Waals surface area contributed by atoms with Crippen LogP contribution in [0.4, 0.5) is 0 Å². The third-order valence-electron chi connectivity index (χ3n) is 2.50. The lowest BCUT2D eigenvalue weighted by Crippen LogP contribution is -1.95. The Kier molecular flexibility index (Phi) is 4.14. The van der Waals surface area contributed by atoms with Crippen molar-refractivity contribution < 1.29 is 0 Å². The van der Waals surface area contributed by atoms with E-state index in [-0.39, 0.29) is 0 Å². The van der Waals surface area contributed by atoms with E-state index in [0.29, 0.717) is 0 Å². The van der Waals surface area contributed by atoms with Crippen LogP contribution in [0.25, 0.3) is 11.4 Å². The Morgan fingerprint density at radius 1 is 1.24 bits per heavy atom. The topological polar surface area (TPSA) is 43.6 Å². The molecule has 0 spiro atoms. The summed E-state index contributed by atoms with van der Waals surface area (Å²) < 4.78 is 2.04. The Bertz CT molecular complexity index is 467. The minimum atomic E-state index is 0.895. The average molecular weight is 248 g/mol. The van der Waals surface area contributed by atoms with Gasteiger partial charge in [0.1, 0.15) is 0 Å². The van der Waals surface area contributed by atoms with Crippen LogP contribution in [0.3, 0.4) is 0 Å². The molecule has 0 aliphatic heterocycles. The van der Waals surface area contributed by atoms with Gasteiger partial charge in [-0.1, -0.05) is 25.1 Å². The molecule has 0 atom stereocenters. The molecule has 4 nitrogen and oxygen atoms in total. The van der Waals surface area contributed by atoms with Crippen molar-refractivity contribution in [3.05, 3.63) is 24.5 Å². The molecule has 0 fully saturated rings. The first-order valence-corrected chi connectivity index (χ1v) is 6.74. The number of thioether (sulfide) groups is 1. The van der Waals surface area contributed by atoms with Gasteiger partial charge in [-0.25, -0.2) is 0 Å². The van der Waals surface area contributed by atoms with Crippen LogP contribution in [0.1, 0.15) is 19.8 Å². The van der Waals surface area contributed by atoms with Crippen molar-refractivity contribution >= 4 is 11.8 Å². The molecule has 0 saturated carbocycles. The van der Waals surface area contributed by atoms with Crippen molar-refractivity contribution in [1.29, 1.82) is 0 Å². The van der Waals surface area contributed by atoms with Crippen LogP contribution in [-0.2, 0) is 7.05 Å². The first-order chi connectivity index (χ1) is 8.33. The van der Waals surface area contributed by atoms with Gasteiger partial charge < -0.3 is 4.57 Å². The Balaban J connectivity index is 2.15. The first-order valence-electron chi connectivity index (χ1n) is 5.75. The van der Waals surface area contributed by atoms with Gasteiger partial charge in [-0.05, 0) is 18.6 Å². The molecule has 17 heavy (non-hydrogen) atoms. The van der Waals surface area contributed by atoms with Crippen LogP contribution in [0.2, 0.25) is 0 Å². The molecule has 2 heterocycles.